The maximum atomic E-state index is 12.9. The molecule has 2 atom stereocenters. The first-order valence-electron chi connectivity index (χ1n) is 11.0. The zero-order valence-corrected chi connectivity index (χ0v) is 19.0. The number of ketones is 1. The second-order valence-corrected chi connectivity index (χ2v) is 9.02. The molecule has 2 rings (SSSR count). The number of oxime groups is 1. The number of amides is 1. The second-order valence-electron chi connectivity index (χ2n) is 7.94. The molecule has 2 unspecified atom stereocenters. The molecule has 0 aromatic rings. The molecule has 0 radical (unpaired) electrons. The lowest BCUT2D eigenvalue weighted by atomic mass is 10.1. The van der Waals surface area contributed by atoms with Crippen LogP contribution < -0.4 is 10.6 Å². The molecule has 1 aliphatic carbocycles. The van der Waals surface area contributed by atoms with Crippen LogP contribution in [-0.4, -0.2) is 73.7 Å². The first-order chi connectivity index (χ1) is 14.5. The smallest absolute Gasteiger partial charge is 0.238 e. The number of rotatable bonds is 14. The maximum Gasteiger partial charge on any atom is 0.238 e. The van der Waals surface area contributed by atoms with Crippen LogP contribution in [0.25, 0.3) is 0 Å². The minimum absolute atomic E-state index is 0.115. The largest absolute Gasteiger partial charge is 0.394 e. The summed E-state index contributed by atoms with van der Waals surface area (Å²) in [7, 11) is 0. The van der Waals surface area contributed by atoms with Gasteiger partial charge in [-0.3, -0.25) is 9.59 Å². The Bertz CT molecular complexity index is 592. The molecule has 8 nitrogen and oxygen atoms in total. The molecule has 1 saturated carbocycles. The molecule has 0 aromatic carbocycles. The molecule has 0 spiro atoms. The fourth-order valence-electron chi connectivity index (χ4n) is 3.03. The fraction of sp³-hybridized carbons (Fsp3) is 0.810. The van der Waals surface area contributed by atoms with Gasteiger partial charge in [0.1, 0.15) is 6.61 Å². The quantitative estimate of drug-likeness (QED) is 0.186. The van der Waals surface area contributed by atoms with Crippen molar-refractivity contribution in [1.82, 2.24) is 10.6 Å². The van der Waals surface area contributed by atoms with Crippen LogP contribution in [-0.2, 0) is 19.2 Å². The molecular weight excluding hydrogens is 404 g/mol. The standard InChI is InChI=1S/C21H36N4O4S/c1-4-5-10-29-25-20(22-3)19(26)15(2)23-21(27)18(14-30-13-16-6-7-16)24-17-8-11-28-12-9-17/h15-18,24H,3-14H2,1-2H3,(H,23,27)/b25-20-. The lowest BCUT2D eigenvalue weighted by Gasteiger charge is -2.28. The summed E-state index contributed by atoms with van der Waals surface area (Å²) in [5, 5.41) is 10.1. The summed E-state index contributed by atoms with van der Waals surface area (Å²) in [5.74, 6) is 1.86. The van der Waals surface area contributed by atoms with E-state index in [1.54, 1.807) is 18.7 Å². The third-order valence-electron chi connectivity index (χ3n) is 5.17. The molecular formula is C21H36N4O4S. The minimum Gasteiger partial charge on any atom is -0.394 e. The molecule has 30 heavy (non-hydrogen) atoms. The van der Waals surface area contributed by atoms with Crippen molar-refractivity contribution in [1.29, 1.82) is 0 Å². The highest BCUT2D eigenvalue weighted by atomic mass is 32.2. The predicted molar refractivity (Wildman–Crippen MR) is 121 cm³/mol. The van der Waals surface area contributed by atoms with E-state index < -0.39 is 11.8 Å². The zero-order chi connectivity index (χ0) is 21.8. The number of carbonyl (C=O) groups is 2. The van der Waals surface area contributed by atoms with E-state index in [9.17, 15) is 9.59 Å². The van der Waals surface area contributed by atoms with Crippen LogP contribution in [0.2, 0.25) is 0 Å². The van der Waals surface area contributed by atoms with Crippen molar-refractivity contribution in [2.24, 2.45) is 16.1 Å². The molecule has 0 bridgehead atoms. The molecule has 1 heterocycles. The lowest BCUT2D eigenvalue weighted by Crippen LogP contribution is -2.54. The number of unbranched alkanes of at least 4 members (excludes halogenated alkanes) is 1. The number of Topliss-reactive ketones (excluding diaryl/α,β-unsaturated/α-hetero) is 1. The summed E-state index contributed by atoms with van der Waals surface area (Å²) >= 11 is 1.80. The number of thioether (sulfide) groups is 1. The van der Waals surface area contributed by atoms with Gasteiger partial charge in [-0.05, 0) is 57.4 Å². The third-order valence-corrected chi connectivity index (χ3v) is 6.45. The maximum absolute atomic E-state index is 12.9. The van der Waals surface area contributed by atoms with Gasteiger partial charge in [-0.25, -0.2) is 4.99 Å². The summed E-state index contributed by atoms with van der Waals surface area (Å²) in [6, 6.07) is -0.866. The highest BCUT2D eigenvalue weighted by Gasteiger charge is 2.29. The Balaban J connectivity index is 1.89. The van der Waals surface area contributed by atoms with Gasteiger partial charge >= 0.3 is 0 Å². The second kappa shape index (κ2) is 13.8. The van der Waals surface area contributed by atoms with Crippen LogP contribution in [0.5, 0.6) is 0 Å². The van der Waals surface area contributed by atoms with Gasteiger partial charge in [-0.15, -0.1) is 0 Å². The number of carbonyl (C=O) groups excluding carboxylic acids is 2. The van der Waals surface area contributed by atoms with Crippen LogP contribution in [0.15, 0.2) is 10.1 Å². The average molecular weight is 441 g/mol. The number of nitrogens with zero attached hydrogens (tertiary/aromatic N) is 2. The Morgan fingerprint density at radius 3 is 2.63 bits per heavy atom. The van der Waals surface area contributed by atoms with E-state index >= 15 is 0 Å². The van der Waals surface area contributed by atoms with Crippen molar-refractivity contribution in [2.45, 2.75) is 70.5 Å². The van der Waals surface area contributed by atoms with Crippen molar-refractivity contribution >= 4 is 36.0 Å². The summed E-state index contributed by atoms with van der Waals surface area (Å²) < 4.78 is 5.41. The number of hydrogen-bond acceptors (Lipinski definition) is 7. The first-order valence-corrected chi connectivity index (χ1v) is 12.1. The Kier molecular flexibility index (Phi) is 11.4. The Morgan fingerprint density at radius 2 is 2.00 bits per heavy atom. The Morgan fingerprint density at radius 1 is 1.27 bits per heavy atom. The molecule has 170 valence electrons. The van der Waals surface area contributed by atoms with E-state index in [4.69, 9.17) is 9.57 Å². The Labute approximate surface area is 184 Å². The molecule has 1 saturated heterocycles. The number of amidine groups is 1. The van der Waals surface area contributed by atoms with Crippen molar-refractivity contribution in [2.75, 3.05) is 31.3 Å². The molecule has 0 aromatic heterocycles. The van der Waals surface area contributed by atoms with E-state index in [-0.39, 0.29) is 23.8 Å². The molecule has 1 aliphatic heterocycles. The summed E-state index contributed by atoms with van der Waals surface area (Å²) in [6.45, 7) is 8.90. The number of aliphatic imine (C=N–C) groups is 1. The van der Waals surface area contributed by atoms with Gasteiger partial charge < -0.3 is 20.2 Å². The molecule has 9 heteroatoms. The highest BCUT2D eigenvalue weighted by Crippen LogP contribution is 2.32. The van der Waals surface area contributed by atoms with Crippen LogP contribution in [0.3, 0.4) is 0 Å². The van der Waals surface area contributed by atoms with Crippen LogP contribution >= 0.6 is 11.8 Å². The van der Waals surface area contributed by atoms with Crippen LogP contribution in [0, 0.1) is 5.92 Å². The van der Waals surface area contributed by atoms with Gasteiger partial charge in [0.05, 0.1) is 12.1 Å². The number of ether oxygens (including phenoxy) is 1. The Hall–Kier alpha value is -1.45. The van der Waals surface area contributed by atoms with Crippen molar-refractivity contribution in [3.63, 3.8) is 0 Å². The molecule has 2 fully saturated rings. The van der Waals surface area contributed by atoms with Gasteiger partial charge in [0.2, 0.25) is 17.5 Å². The number of hydrogen-bond donors (Lipinski definition) is 2. The van der Waals surface area contributed by atoms with E-state index in [2.05, 4.69) is 27.5 Å². The van der Waals surface area contributed by atoms with Crippen LogP contribution in [0.4, 0.5) is 0 Å². The molecule has 2 aliphatic rings. The zero-order valence-electron chi connectivity index (χ0n) is 18.2. The van der Waals surface area contributed by atoms with E-state index in [1.165, 1.54) is 12.8 Å². The monoisotopic (exact) mass is 440 g/mol. The number of nitrogens with one attached hydrogen (secondary N) is 2. The van der Waals surface area contributed by atoms with E-state index in [0.717, 1.165) is 37.4 Å². The minimum atomic E-state index is -0.760. The van der Waals surface area contributed by atoms with Gasteiger partial charge in [0.25, 0.3) is 0 Å². The topological polar surface area (TPSA) is 101 Å². The van der Waals surface area contributed by atoms with Gasteiger partial charge in [0, 0.05) is 25.0 Å². The van der Waals surface area contributed by atoms with Crippen molar-refractivity contribution in [3.8, 4) is 0 Å². The lowest BCUT2D eigenvalue weighted by molar-refractivity contribution is -0.126. The van der Waals surface area contributed by atoms with Gasteiger partial charge in [0.15, 0.2) is 0 Å². The van der Waals surface area contributed by atoms with Crippen molar-refractivity contribution in [3.05, 3.63) is 0 Å². The van der Waals surface area contributed by atoms with E-state index in [1.807, 2.05) is 6.92 Å². The summed E-state index contributed by atoms with van der Waals surface area (Å²) in [4.78, 5) is 34.3. The molecule has 2 N–H and O–H groups in total. The summed E-state index contributed by atoms with van der Waals surface area (Å²) in [6.07, 6.45) is 6.16. The van der Waals surface area contributed by atoms with Crippen LogP contribution in [0.1, 0.15) is 52.4 Å². The highest BCUT2D eigenvalue weighted by molar-refractivity contribution is 7.99. The van der Waals surface area contributed by atoms with Gasteiger partial charge in [-0.1, -0.05) is 18.5 Å². The third kappa shape index (κ3) is 9.14. The average Bonchev–Trinajstić information content (AvgIpc) is 3.58. The first kappa shape index (κ1) is 24.8. The van der Waals surface area contributed by atoms with E-state index in [0.29, 0.717) is 25.6 Å². The molecule has 1 amide bonds. The van der Waals surface area contributed by atoms with Gasteiger partial charge in [-0.2, -0.15) is 11.8 Å². The SMILES string of the molecule is C=N/C(=N\OCCCC)C(=O)C(C)NC(=O)C(CSCC1CC1)NC1CCOCC1. The predicted octanol–water partition coefficient (Wildman–Crippen LogP) is 2.17. The summed E-state index contributed by atoms with van der Waals surface area (Å²) in [5.41, 5.74) is 0. The van der Waals surface area contributed by atoms with Crippen molar-refractivity contribution < 1.29 is 19.2 Å². The fourth-order valence-corrected chi connectivity index (χ4v) is 4.31. The normalized spacial score (nSPS) is 19.7.